The van der Waals surface area contributed by atoms with Crippen molar-refractivity contribution in [2.45, 2.75) is 58.0 Å². The lowest BCUT2D eigenvalue weighted by molar-refractivity contribution is -0.143. The zero-order valence-electron chi connectivity index (χ0n) is 28.3. The number of hydrogen-bond acceptors (Lipinski definition) is 7. The number of benzene rings is 2. The van der Waals surface area contributed by atoms with E-state index in [1.54, 1.807) is 6.07 Å². The number of amides is 1. The van der Waals surface area contributed by atoms with Gasteiger partial charge >= 0.3 is 5.97 Å². The summed E-state index contributed by atoms with van der Waals surface area (Å²) in [5, 5.41) is 16.3. The predicted molar refractivity (Wildman–Crippen MR) is 192 cm³/mol. The van der Waals surface area contributed by atoms with Crippen molar-refractivity contribution in [3.05, 3.63) is 86.4 Å². The molecule has 2 aliphatic heterocycles. The molecule has 3 aliphatic rings. The Morgan fingerprint density at radius 2 is 1.58 bits per heavy atom. The van der Waals surface area contributed by atoms with Crippen LogP contribution >= 0.6 is 23.2 Å². The van der Waals surface area contributed by atoms with Gasteiger partial charge in [-0.25, -0.2) is 9.97 Å². The molecule has 13 heteroatoms. The molecule has 3 N–H and O–H groups in total. The zero-order chi connectivity index (χ0) is 35.1. The maximum absolute atomic E-state index is 13.6. The molecule has 1 fully saturated rings. The molecular weight excluding hydrogens is 677 g/mol. The molecular formula is C37H41Cl2N7O4. The van der Waals surface area contributed by atoms with E-state index in [4.69, 9.17) is 28.2 Å². The minimum Gasteiger partial charge on any atom is -0.481 e. The van der Waals surface area contributed by atoms with Crippen molar-refractivity contribution >= 4 is 46.5 Å². The van der Waals surface area contributed by atoms with E-state index in [0.717, 1.165) is 80.9 Å². The van der Waals surface area contributed by atoms with Crippen molar-refractivity contribution in [2.75, 3.05) is 25.0 Å². The number of Topliss-reactive ketones (excluding diaryl/α,β-unsaturated/α-hetero) is 1. The average Bonchev–Trinajstić information content (AvgIpc) is 3.63. The van der Waals surface area contributed by atoms with Crippen molar-refractivity contribution in [3.8, 4) is 11.1 Å². The molecule has 1 saturated carbocycles. The molecule has 11 nitrogen and oxygen atoms in total. The summed E-state index contributed by atoms with van der Waals surface area (Å²) in [4.78, 5) is 50.1. The Hall–Kier alpha value is -4.03. The first-order valence-corrected chi connectivity index (χ1v) is 18.0. The van der Waals surface area contributed by atoms with Gasteiger partial charge in [-0.1, -0.05) is 53.5 Å². The van der Waals surface area contributed by atoms with E-state index >= 15 is 0 Å². The van der Waals surface area contributed by atoms with E-state index in [-0.39, 0.29) is 24.0 Å². The van der Waals surface area contributed by atoms with Gasteiger partial charge < -0.3 is 24.9 Å². The van der Waals surface area contributed by atoms with Crippen LogP contribution in [0.15, 0.2) is 36.4 Å². The van der Waals surface area contributed by atoms with Crippen LogP contribution in [-0.4, -0.2) is 66.4 Å². The summed E-state index contributed by atoms with van der Waals surface area (Å²) < 4.78 is 3.76. The SMILES string of the molecule is Cn1c(C(=O)Cc2cccc(-c3cccc(NC(=O)c4nc5c(n4C)CCN(CC4CCC(C(=O)O)CC4)C5)c3Cl)c2Cl)nc2c1CCNC2. The van der Waals surface area contributed by atoms with Crippen LogP contribution < -0.4 is 10.6 Å². The quantitative estimate of drug-likeness (QED) is 0.188. The van der Waals surface area contributed by atoms with Crippen molar-refractivity contribution < 1.29 is 19.5 Å². The Kier molecular flexibility index (Phi) is 9.85. The number of aliphatic carboxylic acids is 1. The molecule has 1 amide bonds. The fourth-order valence-electron chi connectivity index (χ4n) is 7.79. The average molecular weight is 719 g/mol. The summed E-state index contributed by atoms with van der Waals surface area (Å²) in [6.07, 6.45) is 5.02. The molecule has 0 saturated heterocycles. The van der Waals surface area contributed by atoms with Gasteiger partial charge in [0.15, 0.2) is 11.6 Å². The van der Waals surface area contributed by atoms with Gasteiger partial charge in [0.25, 0.3) is 5.91 Å². The second-order valence-electron chi connectivity index (χ2n) is 13.7. The lowest BCUT2D eigenvalue weighted by atomic mass is 9.81. The zero-order valence-corrected chi connectivity index (χ0v) is 29.8. The van der Waals surface area contributed by atoms with E-state index in [1.807, 2.05) is 53.6 Å². The Morgan fingerprint density at radius 3 is 2.32 bits per heavy atom. The number of hydrogen-bond donors (Lipinski definition) is 3. The molecule has 0 spiro atoms. The first-order chi connectivity index (χ1) is 24.1. The Bertz CT molecular complexity index is 1980. The topological polar surface area (TPSA) is 134 Å². The highest BCUT2D eigenvalue weighted by molar-refractivity contribution is 6.39. The third kappa shape index (κ3) is 6.71. The van der Waals surface area contributed by atoms with Crippen molar-refractivity contribution in [1.82, 2.24) is 29.3 Å². The summed E-state index contributed by atoms with van der Waals surface area (Å²) in [6, 6.07) is 10.9. The second-order valence-corrected chi connectivity index (χ2v) is 14.5. The molecule has 0 radical (unpaired) electrons. The van der Waals surface area contributed by atoms with E-state index in [1.165, 1.54) is 0 Å². The number of fused-ring (bicyclic) bond motifs is 2. The van der Waals surface area contributed by atoms with E-state index < -0.39 is 5.97 Å². The van der Waals surface area contributed by atoms with Gasteiger partial charge in [0, 0.05) is 88.6 Å². The maximum atomic E-state index is 13.6. The summed E-state index contributed by atoms with van der Waals surface area (Å²) >= 11 is 13.9. The first kappa shape index (κ1) is 34.4. The molecule has 2 aromatic heterocycles. The third-order valence-corrected chi connectivity index (χ3v) is 11.4. The number of carbonyl (C=O) groups is 3. The number of aromatic nitrogens is 4. The smallest absolute Gasteiger partial charge is 0.306 e. The molecule has 7 rings (SSSR count). The lowest BCUT2D eigenvalue weighted by Gasteiger charge is -2.33. The van der Waals surface area contributed by atoms with E-state index in [0.29, 0.717) is 63.1 Å². The van der Waals surface area contributed by atoms with Gasteiger partial charge in [0.05, 0.1) is 33.0 Å². The van der Waals surface area contributed by atoms with Crippen LogP contribution in [0.5, 0.6) is 0 Å². The van der Waals surface area contributed by atoms with Crippen LogP contribution in [0, 0.1) is 11.8 Å². The van der Waals surface area contributed by atoms with Crippen LogP contribution in [0.4, 0.5) is 5.69 Å². The highest BCUT2D eigenvalue weighted by Crippen LogP contribution is 2.39. The molecule has 50 heavy (non-hydrogen) atoms. The van der Waals surface area contributed by atoms with E-state index in [9.17, 15) is 19.5 Å². The van der Waals surface area contributed by atoms with Gasteiger partial charge in [-0.15, -0.1) is 0 Å². The molecule has 4 aromatic rings. The summed E-state index contributed by atoms with van der Waals surface area (Å²) in [7, 11) is 3.75. The number of carbonyl (C=O) groups excluding carboxylic acids is 2. The summed E-state index contributed by atoms with van der Waals surface area (Å²) in [5.74, 6) is -0.167. The van der Waals surface area contributed by atoms with Crippen LogP contribution in [0.1, 0.15) is 75.3 Å². The standard InChI is InChI=1S/C37H41Cl2N7O4/c1-44-29-13-15-40-18-27(29)41-34(44)31(47)17-23-5-3-6-24(32(23)38)25-7-4-8-26(33(25)39)43-36(48)35-42-28-20-46(16-14-30(28)45(35)2)19-21-9-11-22(12-10-21)37(49)50/h3-8,21-22,40H,9-20H2,1-2H3,(H,43,48)(H,49,50). The number of nitrogens with one attached hydrogen (secondary N) is 2. The van der Waals surface area contributed by atoms with Crippen LogP contribution in [0.2, 0.25) is 10.0 Å². The summed E-state index contributed by atoms with van der Waals surface area (Å²) in [6.45, 7) is 3.94. The fraction of sp³-hybridized carbons (Fsp3) is 0.432. The number of carboxylic acid groups (broad SMARTS) is 1. The van der Waals surface area contributed by atoms with E-state index in [2.05, 4.69) is 20.5 Å². The minimum absolute atomic E-state index is 0.0883. The van der Waals surface area contributed by atoms with Crippen molar-refractivity contribution in [2.24, 2.45) is 25.9 Å². The molecule has 1 aliphatic carbocycles. The number of halogens is 2. The highest BCUT2D eigenvalue weighted by atomic mass is 35.5. The van der Waals surface area contributed by atoms with Gasteiger partial charge in [0.1, 0.15) is 0 Å². The second kappa shape index (κ2) is 14.3. The van der Waals surface area contributed by atoms with Crippen molar-refractivity contribution in [3.63, 3.8) is 0 Å². The molecule has 0 bridgehead atoms. The largest absolute Gasteiger partial charge is 0.481 e. The monoisotopic (exact) mass is 717 g/mol. The number of imidazole rings is 2. The molecule has 262 valence electrons. The minimum atomic E-state index is -0.683. The van der Waals surface area contributed by atoms with Gasteiger partial charge in [-0.05, 0) is 43.2 Å². The number of nitrogens with zero attached hydrogens (tertiary/aromatic N) is 5. The number of anilines is 1. The maximum Gasteiger partial charge on any atom is 0.306 e. The van der Waals surface area contributed by atoms with Crippen molar-refractivity contribution in [1.29, 1.82) is 0 Å². The van der Waals surface area contributed by atoms with Gasteiger partial charge in [-0.2, -0.15) is 0 Å². The normalized spacial score (nSPS) is 19.1. The Labute approximate surface area is 301 Å². The predicted octanol–water partition coefficient (Wildman–Crippen LogP) is 5.70. The molecule has 2 aromatic carbocycles. The Morgan fingerprint density at radius 1 is 0.900 bits per heavy atom. The van der Waals surface area contributed by atoms with Gasteiger partial charge in [0.2, 0.25) is 5.78 Å². The van der Waals surface area contributed by atoms with Crippen LogP contribution in [0.25, 0.3) is 11.1 Å². The van der Waals surface area contributed by atoms with Gasteiger partial charge in [-0.3, -0.25) is 19.3 Å². The third-order valence-electron chi connectivity index (χ3n) is 10.6. The Balaban J connectivity index is 1.04. The molecule has 0 unspecified atom stereocenters. The fourth-order valence-corrected chi connectivity index (χ4v) is 8.36. The van der Waals surface area contributed by atoms with Crippen LogP contribution in [0.3, 0.4) is 0 Å². The summed E-state index contributed by atoms with van der Waals surface area (Å²) in [5.41, 5.74) is 6.31. The number of ketones is 1. The molecule has 0 atom stereocenters. The lowest BCUT2D eigenvalue weighted by Crippen LogP contribution is -2.36. The van der Waals surface area contributed by atoms with Crippen LogP contribution in [-0.2, 0) is 51.2 Å². The number of rotatable bonds is 9. The highest BCUT2D eigenvalue weighted by Gasteiger charge is 2.30. The first-order valence-electron chi connectivity index (χ1n) is 17.2. The number of carboxylic acids is 1. The molecule has 4 heterocycles.